The molecule has 2 aromatic heterocycles. The van der Waals surface area contributed by atoms with Crippen LogP contribution in [0.25, 0.3) is 11.2 Å². The topological polar surface area (TPSA) is 182 Å². The number of nitrogens with zero attached hydrogens (tertiary/aromatic N) is 7. The molecule has 182 valence electrons. The van der Waals surface area contributed by atoms with Crippen LogP contribution in [0.1, 0.15) is 20.1 Å². The van der Waals surface area contributed by atoms with Crippen molar-refractivity contribution in [2.75, 3.05) is 5.43 Å². The number of benzene rings is 1. The molecule has 0 unspecified atom stereocenters. The van der Waals surface area contributed by atoms with Gasteiger partial charge in [0.05, 0.1) is 28.5 Å². The van der Waals surface area contributed by atoms with Crippen LogP contribution in [0.3, 0.4) is 0 Å². The molecule has 16 heteroatoms. The van der Waals surface area contributed by atoms with Crippen LogP contribution < -0.4 is 5.43 Å². The van der Waals surface area contributed by atoms with Gasteiger partial charge in [0.25, 0.3) is 5.69 Å². The number of hydrogen-bond donors (Lipinski definition) is 1. The molecule has 0 bridgehead atoms. The summed E-state index contributed by atoms with van der Waals surface area (Å²) < 4.78 is 19.9. The van der Waals surface area contributed by atoms with Gasteiger partial charge < -0.3 is 14.2 Å². The highest BCUT2D eigenvalue weighted by Gasteiger charge is 2.55. The van der Waals surface area contributed by atoms with Crippen LogP contribution in [0.5, 0.6) is 0 Å². The van der Waals surface area contributed by atoms with Crippen LogP contribution >= 0.6 is 11.6 Å². The van der Waals surface area contributed by atoms with Gasteiger partial charge in [-0.15, -0.1) is 0 Å². The molecule has 0 radical (unpaired) electrons. The molecule has 2 fully saturated rings. The SMILES string of the molecule is CC1(C)O[C@@H]2[C@H](O1)[C@@H](/C=N/Nc1ccc([N+](=O)[O-])cc1[N+](=O)[O-])O[C@H]2n1cnc2c(Cl)ncnc21. The Labute approximate surface area is 201 Å². The third kappa shape index (κ3) is 4.14. The molecule has 0 saturated carbocycles. The number of imidazole rings is 1. The third-order valence-corrected chi connectivity index (χ3v) is 5.73. The Balaban J connectivity index is 1.41. The van der Waals surface area contributed by atoms with Crippen molar-refractivity contribution in [3.8, 4) is 0 Å². The van der Waals surface area contributed by atoms with Gasteiger partial charge in [-0.1, -0.05) is 11.6 Å². The lowest BCUT2D eigenvalue weighted by Crippen LogP contribution is -2.30. The van der Waals surface area contributed by atoms with E-state index in [-0.39, 0.29) is 10.8 Å². The molecule has 1 N–H and O–H groups in total. The molecule has 35 heavy (non-hydrogen) atoms. The van der Waals surface area contributed by atoms with E-state index >= 15 is 0 Å². The lowest BCUT2D eigenvalue weighted by atomic mass is 10.1. The van der Waals surface area contributed by atoms with Crippen LogP contribution in [0, 0.1) is 20.2 Å². The van der Waals surface area contributed by atoms with Crippen LogP contribution in [-0.4, -0.2) is 59.7 Å². The Kier molecular flexibility index (Phi) is 5.55. The van der Waals surface area contributed by atoms with Gasteiger partial charge in [0, 0.05) is 6.07 Å². The van der Waals surface area contributed by atoms with E-state index in [4.69, 9.17) is 25.8 Å². The fourth-order valence-corrected chi connectivity index (χ4v) is 4.20. The summed E-state index contributed by atoms with van der Waals surface area (Å²) in [5.41, 5.74) is 2.45. The number of ether oxygens (including phenoxy) is 3. The molecular formula is C19H17ClN8O7. The second-order valence-corrected chi connectivity index (χ2v) is 8.51. The minimum atomic E-state index is -0.906. The predicted octanol–water partition coefficient (Wildman–Crippen LogP) is 2.81. The zero-order valence-electron chi connectivity index (χ0n) is 18.1. The number of nitro groups is 2. The van der Waals surface area contributed by atoms with Crippen LogP contribution in [0.4, 0.5) is 17.1 Å². The third-order valence-electron chi connectivity index (χ3n) is 5.45. The standard InChI is InChI=1S/C19H17ClN8O7/c1-19(2)34-14-12(6-24-25-10-4-3-9(27(29)30)5-11(10)28(31)32)33-18(15(14)35-19)26-8-23-13-16(20)21-7-22-17(13)26/h3-8,12,14-15,18,25H,1-2H3/b24-6+/t12-,14-,15-,18-/m1/s1. The van der Waals surface area contributed by atoms with Gasteiger partial charge in [0.1, 0.15) is 35.8 Å². The number of hydrazone groups is 1. The van der Waals surface area contributed by atoms with E-state index in [1.54, 1.807) is 18.4 Å². The molecule has 0 amide bonds. The summed E-state index contributed by atoms with van der Waals surface area (Å²) in [6.07, 6.45) is 1.68. The number of nitro benzene ring substituents is 2. The Morgan fingerprint density at radius 1 is 1.17 bits per heavy atom. The van der Waals surface area contributed by atoms with E-state index in [1.807, 2.05) is 0 Å². The second kappa shape index (κ2) is 8.46. The number of hydrogen-bond acceptors (Lipinski definition) is 12. The number of aromatic nitrogens is 4. The fourth-order valence-electron chi connectivity index (χ4n) is 4.02. The lowest BCUT2D eigenvalue weighted by Gasteiger charge is -2.23. The zero-order chi connectivity index (χ0) is 24.9. The summed E-state index contributed by atoms with van der Waals surface area (Å²) in [5, 5.41) is 26.5. The molecule has 2 aliphatic rings. The summed E-state index contributed by atoms with van der Waals surface area (Å²) >= 11 is 6.11. The van der Waals surface area contributed by atoms with Crippen molar-refractivity contribution in [3.05, 3.63) is 56.2 Å². The maximum atomic E-state index is 11.3. The van der Waals surface area contributed by atoms with E-state index in [0.717, 1.165) is 12.1 Å². The highest BCUT2D eigenvalue weighted by Crippen LogP contribution is 2.43. The van der Waals surface area contributed by atoms with Crippen LogP contribution in [-0.2, 0) is 14.2 Å². The molecule has 4 heterocycles. The van der Waals surface area contributed by atoms with Crippen molar-refractivity contribution in [3.63, 3.8) is 0 Å². The molecule has 2 saturated heterocycles. The smallest absolute Gasteiger partial charge is 0.301 e. The van der Waals surface area contributed by atoms with Gasteiger partial charge in [-0.3, -0.25) is 30.2 Å². The second-order valence-electron chi connectivity index (χ2n) is 8.15. The molecule has 1 aromatic carbocycles. The molecule has 4 atom stereocenters. The Hall–Kier alpha value is -3.79. The zero-order valence-corrected chi connectivity index (χ0v) is 18.9. The van der Waals surface area contributed by atoms with Gasteiger partial charge in [-0.05, 0) is 19.9 Å². The number of nitrogens with one attached hydrogen (secondary N) is 1. The number of halogens is 1. The summed E-state index contributed by atoms with van der Waals surface area (Å²) in [6.45, 7) is 3.53. The highest BCUT2D eigenvalue weighted by molar-refractivity contribution is 6.33. The Morgan fingerprint density at radius 3 is 2.69 bits per heavy atom. The maximum Gasteiger partial charge on any atom is 0.301 e. The van der Waals surface area contributed by atoms with Crippen LogP contribution in [0.2, 0.25) is 5.15 Å². The van der Waals surface area contributed by atoms with E-state index in [2.05, 4.69) is 25.5 Å². The first-order valence-electron chi connectivity index (χ1n) is 10.2. The van der Waals surface area contributed by atoms with Crippen molar-refractivity contribution >= 4 is 46.0 Å². The van der Waals surface area contributed by atoms with Gasteiger partial charge in [0.15, 0.2) is 22.8 Å². The van der Waals surface area contributed by atoms with Crippen molar-refractivity contribution < 1.29 is 24.1 Å². The highest BCUT2D eigenvalue weighted by atomic mass is 35.5. The monoisotopic (exact) mass is 504 g/mol. The van der Waals surface area contributed by atoms with Crippen molar-refractivity contribution in [1.82, 2.24) is 19.5 Å². The van der Waals surface area contributed by atoms with E-state index < -0.39 is 51.5 Å². The molecule has 2 aliphatic heterocycles. The quantitative estimate of drug-likeness (QED) is 0.225. The summed E-state index contributed by atoms with van der Waals surface area (Å²) in [5.74, 6) is -0.906. The maximum absolute atomic E-state index is 11.3. The van der Waals surface area contributed by atoms with Crippen molar-refractivity contribution in [2.24, 2.45) is 5.10 Å². The van der Waals surface area contributed by atoms with Crippen molar-refractivity contribution in [2.45, 2.75) is 44.2 Å². The van der Waals surface area contributed by atoms with Gasteiger partial charge in [0.2, 0.25) is 0 Å². The first-order valence-corrected chi connectivity index (χ1v) is 10.6. The molecular weight excluding hydrogens is 488 g/mol. The summed E-state index contributed by atoms with van der Waals surface area (Å²) in [6, 6.07) is 3.19. The number of rotatable bonds is 6. The Bertz CT molecular complexity index is 1360. The average molecular weight is 505 g/mol. The molecule has 3 aromatic rings. The predicted molar refractivity (Wildman–Crippen MR) is 120 cm³/mol. The number of non-ortho nitro benzene ring substituents is 1. The van der Waals surface area contributed by atoms with E-state index in [1.165, 1.54) is 24.9 Å². The average Bonchev–Trinajstić information content (AvgIpc) is 3.45. The molecule has 0 spiro atoms. The first-order chi connectivity index (χ1) is 16.6. The molecule has 5 rings (SSSR count). The Morgan fingerprint density at radius 2 is 1.94 bits per heavy atom. The summed E-state index contributed by atoms with van der Waals surface area (Å²) in [7, 11) is 0. The minimum absolute atomic E-state index is 0.0289. The van der Waals surface area contributed by atoms with E-state index in [0.29, 0.717) is 11.2 Å². The summed E-state index contributed by atoms with van der Waals surface area (Å²) in [4.78, 5) is 33.2. The van der Waals surface area contributed by atoms with Gasteiger partial charge >= 0.3 is 5.69 Å². The lowest BCUT2D eigenvalue weighted by molar-refractivity contribution is -0.393. The van der Waals surface area contributed by atoms with Crippen molar-refractivity contribution in [1.29, 1.82) is 0 Å². The normalized spacial score (nSPS) is 25.2. The number of fused-ring (bicyclic) bond motifs is 2. The van der Waals surface area contributed by atoms with Gasteiger partial charge in [-0.25, -0.2) is 15.0 Å². The first kappa shape index (κ1) is 23.0. The minimum Gasteiger partial charge on any atom is -0.343 e. The number of anilines is 1. The molecule has 0 aliphatic carbocycles. The molecule has 15 nitrogen and oxygen atoms in total. The van der Waals surface area contributed by atoms with E-state index in [9.17, 15) is 20.2 Å². The van der Waals surface area contributed by atoms with Crippen LogP contribution in [0.15, 0.2) is 36.0 Å². The van der Waals surface area contributed by atoms with Gasteiger partial charge in [-0.2, -0.15) is 5.10 Å². The largest absolute Gasteiger partial charge is 0.343 e. The fraction of sp³-hybridized carbons (Fsp3) is 0.368.